The number of amides is 1. The van der Waals surface area contributed by atoms with Crippen molar-refractivity contribution in [3.8, 4) is 0 Å². The SMILES string of the molecule is CCC(NC(=O)c1ccc(Cl)cc1)[C@H]1[C@@H]2CC(C(C(=O)OC)c3ccccc3)C[C@@H]21. The molecule has 0 aliphatic heterocycles. The molecule has 5 heteroatoms. The zero-order valence-electron chi connectivity index (χ0n) is 17.4. The third-order valence-electron chi connectivity index (χ3n) is 6.96. The lowest BCUT2D eigenvalue weighted by molar-refractivity contribution is -0.144. The van der Waals surface area contributed by atoms with Crippen molar-refractivity contribution in [3.05, 3.63) is 70.7 Å². The first-order valence-corrected chi connectivity index (χ1v) is 11.1. The lowest BCUT2D eigenvalue weighted by Gasteiger charge is -2.26. The van der Waals surface area contributed by atoms with Crippen molar-refractivity contribution < 1.29 is 14.3 Å². The molecule has 4 rings (SSSR count). The summed E-state index contributed by atoms with van der Waals surface area (Å²) in [5.74, 6) is 1.55. The van der Waals surface area contributed by atoms with Crippen molar-refractivity contribution in [3.63, 3.8) is 0 Å². The summed E-state index contributed by atoms with van der Waals surface area (Å²) < 4.78 is 5.13. The summed E-state index contributed by atoms with van der Waals surface area (Å²) in [6.45, 7) is 2.12. The minimum atomic E-state index is -0.201. The molecule has 2 aliphatic rings. The number of nitrogens with one attached hydrogen (secondary N) is 1. The molecule has 0 saturated heterocycles. The summed E-state index contributed by atoms with van der Waals surface area (Å²) in [4.78, 5) is 25.2. The van der Waals surface area contributed by atoms with Gasteiger partial charge in [0.05, 0.1) is 13.0 Å². The molecule has 1 N–H and O–H groups in total. The Labute approximate surface area is 183 Å². The fraction of sp³-hybridized carbons (Fsp3) is 0.440. The number of rotatable bonds is 7. The van der Waals surface area contributed by atoms with Crippen LogP contribution in [0.4, 0.5) is 0 Å². The van der Waals surface area contributed by atoms with E-state index in [1.807, 2.05) is 30.3 Å². The molecule has 30 heavy (non-hydrogen) atoms. The Bertz CT molecular complexity index is 886. The van der Waals surface area contributed by atoms with Crippen molar-refractivity contribution in [2.45, 2.75) is 38.1 Å². The van der Waals surface area contributed by atoms with Gasteiger partial charge in [0.2, 0.25) is 0 Å². The smallest absolute Gasteiger partial charge is 0.313 e. The van der Waals surface area contributed by atoms with E-state index in [0.29, 0.717) is 34.3 Å². The summed E-state index contributed by atoms with van der Waals surface area (Å²) in [7, 11) is 1.47. The molecule has 1 amide bonds. The van der Waals surface area contributed by atoms with E-state index < -0.39 is 0 Å². The van der Waals surface area contributed by atoms with Crippen molar-refractivity contribution in [2.24, 2.45) is 23.7 Å². The standard InChI is InChI=1S/C25H28ClNO3/c1-3-21(27-24(28)16-9-11-18(26)12-10-16)23-19-13-17(14-20(19)23)22(25(29)30-2)15-7-5-4-6-8-15/h4-12,17,19-23H,3,13-14H2,1-2H3,(H,27,28)/t17?,19-,20+,21?,22?,23+. The second-order valence-electron chi connectivity index (χ2n) is 8.54. The van der Waals surface area contributed by atoms with Gasteiger partial charge < -0.3 is 10.1 Å². The molecule has 0 aromatic heterocycles. The van der Waals surface area contributed by atoms with Gasteiger partial charge in [-0.1, -0.05) is 48.9 Å². The highest BCUT2D eigenvalue weighted by Gasteiger charge is 2.60. The normalized spacial score (nSPS) is 26.4. The van der Waals surface area contributed by atoms with E-state index in [2.05, 4.69) is 12.2 Å². The summed E-state index contributed by atoms with van der Waals surface area (Å²) >= 11 is 5.93. The molecule has 158 valence electrons. The Hall–Kier alpha value is -2.33. The number of esters is 1. The molecular weight excluding hydrogens is 398 g/mol. The fourth-order valence-electron chi connectivity index (χ4n) is 5.51. The van der Waals surface area contributed by atoms with Crippen LogP contribution in [0.1, 0.15) is 48.0 Å². The van der Waals surface area contributed by atoms with Gasteiger partial charge in [-0.3, -0.25) is 9.59 Å². The molecule has 3 unspecified atom stereocenters. The molecule has 2 aromatic carbocycles. The van der Waals surface area contributed by atoms with E-state index in [4.69, 9.17) is 16.3 Å². The average molecular weight is 426 g/mol. The van der Waals surface area contributed by atoms with Crippen LogP contribution in [-0.4, -0.2) is 25.0 Å². The first kappa shape index (κ1) is 20.9. The molecule has 0 bridgehead atoms. The highest BCUT2D eigenvalue weighted by molar-refractivity contribution is 6.30. The van der Waals surface area contributed by atoms with Gasteiger partial charge in [0, 0.05) is 16.6 Å². The molecule has 0 heterocycles. The Kier molecular flexibility index (Phi) is 6.14. The highest BCUT2D eigenvalue weighted by Crippen LogP contribution is 2.63. The van der Waals surface area contributed by atoms with E-state index in [9.17, 15) is 9.59 Å². The number of carbonyl (C=O) groups excluding carboxylic acids is 2. The molecule has 6 atom stereocenters. The van der Waals surface area contributed by atoms with Crippen LogP contribution >= 0.6 is 11.6 Å². The zero-order valence-corrected chi connectivity index (χ0v) is 18.1. The first-order chi connectivity index (χ1) is 14.5. The summed E-state index contributed by atoms with van der Waals surface area (Å²) in [5, 5.41) is 3.85. The summed E-state index contributed by atoms with van der Waals surface area (Å²) in [5.41, 5.74) is 1.67. The predicted octanol–water partition coefficient (Wildman–Crippen LogP) is 5.08. The van der Waals surface area contributed by atoms with Crippen LogP contribution in [0.2, 0.25) is 5.02 Å². The van der Waals surface area contributed by atoms with Crippen LogP contribution in [0.15, 0.2) is 54.6 Å². The van der Waals surface area contributed by atoms with Crippen LogP contribution in [0.25, 0.3) is 0 Å². The number of hydrogen-bond donors (Lipinski definition) is 1. The van der Waals surface area contributed by atoms with Crippen molar-refractivity contribution in [2.75, 3.05) is 7.11 Å². The van der Waals surface area contributed by atoms with E-state index in [1.54, 1.807) is 24.3 Å². The minimum absolute atomic E-state index is 0.0447. The minimum Gasteiger partial charge on any atom is -0.469 e. The van der Waals surface area contributed by atoms with E-state index >= 15 is 0 Å². The number of halogens is 1. The van der Waals surface area contributed by atoms with Gasteiger partial charge in [0.1, 0.15) is 0 Å². The predicted molar refractivity (Wildman–Crippen MR) is 117 cm³/mol. The van der Waals surface area contributed by atoms with Gasteiger partial charge in [-0.15, -0.1) is 0 Å². The molecule has 0 radical (unpaired) electrons. The van der Waals surface area contributed by atoms with E-state index in [-0.39, 0.29) is 23.8 Å². The Morgan fingerprint density at radius 3 is 2.27 bits per heavy atom. The fourth-order valence-corrected chi connectivity index (χ4v) is 5.64. The van der Waals surface area contributed by atoms with E-state index in [0.717, 1.165) is 24.8 Å². The third-order valence-corrected chi connectivity index (χ3v) is 7.21. The largest absolute Gasteiger partial charge is 0.469 e. The summed E-state index contributed by atoms with van der Waals surface area (Å²) in [6, 6.07) is 17.1. The maximum Gasteiger partial charge on any atom is 0.313 e. The molecule has 2 fully saturated rings. The third kappa shape index (κ3) is 4.11. The molecule has 0 spiro atoms. The Balaban J connectivity index is 1.40. The van der Waals surface area contributed by atoms with Gasteiger partial charge in [-0.2, -0.15) is 0 Å². The quantitative estimate of drug-likeness (QED) is 0.629. The van der Waals surface area contributed by atoms with Crippen LogP contribution in [0.5, 0.6) is 0 Å². The zero-order chi connectivity index (χ0) is 21.3. The van der Waals surface area contributed by atoms with Crippen LogP contribution in [0, 0.1) is 23.7 Å². The molecule has 2 saturated carbocycles. The lowest BCUT2D eigenvalue weighted by Crippen LogP contribution is -2.37. The monoisotopic (exact) mass is 425 g/mol. The number of methoxy groups -OCH3 is 1. The highest BCUT2D eigenvalue weighted by atomic mass is 35.5. The average Bonchev–Trinajstić information content (AvgIpc) is 3.25. The molecule has 2 aliphatic carbocycles. The number of fused-ring (bicyclic) bond motifs is 1. The Morgan fingerprint density at radius 2 is 1.70 bits per heavy atom. The van der Waals surface area contributed by atoms with Crippen LogP contribution < -0.4 is 5.32 Å². The van der Waals surface area contributed by atoms with E-state index in [1.165, 1.54) is 7.11 Å². The maximum absolute atomic E-state index is 12.6. The molecular formula is C25H28ClNO3. The lowest BCUT2D eigenvalue weighted by atomic mass is 9.81. The van der Waals surface area contributed by atoms with Crippen LogP contribution in [-0.2, 0) is 9.53 Å². The van der Waals surface area contributed by atoms with Gasteiger partial charge in [0.15, 0.2) is 0 Å². The first-order valence-electron chi connectivity index (χ1n) is 10.7. The van der Waals surface area contributed by atoms with Gasteiger partial charge >= 0.3 is 5.97 Å². The molecule has 4 nitrogen and oxygen atoms in total. The maximum atomic E-state index is 12.6. The Morgan fingerprint density at radius 1 is 1.07 bits per heavy atom. The second kappa shape index (κ2) is 8.81. The number of benzene rings is 2. The van der Waals surface area contributed by atoms with Crippen LogP contribution in [0.3, 0.4) is 0 Å². The van der Waals surface area contributed by atoms with Crippen molar-refractivity contribution in [1.29, 1.82) is 0 Å². The number of ether oxygens (including phenoxy) is 1. The number of hydrogen-bond acceptors (Lipinski definition) is 3. The van der Waals surface area contributed by atoms with Gasteiger partial charge in [-0.25, -0.2) is 0 Å². The number of carbonyl (C=O) groups is 2. The summed E-state index contributed by atoms with van der Waals surface area (Å²) in [6.07, 6.45) is 2.93. The van der Waals surface area contributed by atoms with Crippen molar-refractivity contribution >= 4 is 23.5 Å². The second-order valence-corrected chi connectivity index (χ2v) is 8.98. The molecule has 2 aromatic rings. The van der Waals surface area contributed by atoms with Crippen molar-refractivity contribution in [1.82, 2.24) is 5.32 Å². The van der Waals surface area contributed by atoms with Gasteiger partial charge in [0.25, 0.3) is 5.91 Å². The van der Waals surface area contributed by atoms with Gasteiger partial charge in [-0.05, 0) is 72.8 Å². The topological polar surface area (TPSA) is 55.4 Å².